The quantitative estimate of drug-likeness (QED) is 0.824. The molecule has 2 heterocycles. The maximum atomic E-state index is 12.6. The highest BCUT2D eigenvalue weighted by Crippen LogP contribution is 2.30. The molecule has 1 aromatic heterocycles. The lowest BCUT2D eigenvalue weighted by Gasteiger charge is -2.23. The van der Waals surface area contributed by atoms with Crippen LogP contribution in [0.1, 0.15) is 36.0 Å². The van der Waals surface area contributed by atoms with Crippen LogP contribution in [0.25, 0.3) is 0 Å². The van der Waals surface area contributed by atoms with Crippen molar-refractivity contribution in [2.75, 3.05) is 13.1 Å². The first-order valence-corrected chi connectivity index (χ1v) is 5.60. The summed E-state index contributed by atoms with van der Waals surface area (Å²) in [5.41, 5.74) is -0.345. The van der Waals surface area contributed by atoms with Crippen LogP contribution < -0.4 is 5.32 Å². The average molecular weight is 245 g/mol. The molecule has 17 heavy (non-hydrogen) atoms. The molecule has 0 aliphatic carbocycles. The summed E-state index contributed by atoms with van der Waals surface area (Å²) in [6.45, 7) is 3.11. The van der Waals surface area contributed by atoms with Gasteiger partial charge in [0.05, 0.1) is 0 Å². The van der Waals surface area contributed by atoms with Gasteiger partial charge in [0.15, 0.2) is 0 Å². The van der Waals surface area contributed by atoms with Gasteiger partial charge in [-0.1, -0.05) is 0 Å². The van der Waals surface area contributed by atoms with E-state index in [1.807, 2.05) is 0 Å². The van der Waals surface area contributed by atoms with Gasteiger partial charge in [-0.25, -0.2) is 9.97 Å². The number of nitrogens with one attached hydrogen (secondary N) is 1. The standard InChI is InChI=1S/C11H14F3N3/c1-7-16-9(8-3-2-4-15-6-8)5-10(17-7)11(12,13)14/h5,8,15H,2-4,6H2,1H3. The predicted octanol–water partition coefficient (Wildman–Crippen LogP) is 2.27. The molecule has 94 valence electrons. The van der Waals surface area contributed by atoms with Crippen molar-refractivity contribution in [3.8, 4) is 0 Å². The van der Waals surface area contributed by atoms with Gasteiger partial charge in [-0.15, -0.1) is 0 Å². The third-order valence-electron chi connectivity index (χ3n) is 2.86. The van der Waals surface area contributed by atoms with Crippen molar-refractivity contribution in [3.05, 3.63) is 23.3 Å². The van der Waals surface area contributed by atoms with Crippen LogP contribution >= 0.6 is 0 Å². The summed E-state index contributed by atoms with van der Waals surface area (Å²) < 4.78 is 37.8. The van der Waals surface area contributed by atoms with Gasteiger partial charge in [0.25, 0.3) is 0 Å². The van der Waals surface area contributed by atoms with Crippen molar-refractivity contribution >= 4 is 0 Å². The second-order valence-corrected chi connectivity index (χ2v) is 4.27. The largest absolute Gasteiger partial charge is 0.433 e. The molecule has 1 saturated heterocycles. The third kappa shape index (κ3) is 2.94. The Bertz CT molecular complexity index is 397. The number of hydrogen-bond donors (Lipinski definition) is 1. The Hall–Kier alpha value is -1.17. The van der Waals surface area contributed by atoms with E-state index in [1.54, 1.807) is 0 Å². The minimum atomic E-state index is -4.40. The first-order chi connectivity index (χ1) is 7.97. The Kier molecular flexibility index (Phi) is 3.33. The molecule has 3 nitrogen and oxygen atoms in total. The van der Waals surface area contributed by atoms with Gasteiger partial charge >= 0.3 is 6.18 Å². The number of hydrogen-bond acceptors (Lipinski definition) is 3. The molecule has 1 aliphatic rings. The molecule has 0 aromatic carbocycles. The van der Waals surface area contributed by atoms with Gasteiger partial charge in [0, 0.05) is 18.2 Å². The molecule has 1 aromatic rings. The Labute approximate surface area is 97.5 Å². The van der Waals surface area contributed by atoms with Crippen LogP contribution in [-0.2, 0) is 6.18 Å². The van der Waals surface area contributed by atoms with Crippen LogP contribution in [0.5, 0.6) is 0 Å². The second kappa shape index (κ2) is 4.60. The van der Waals surface area contributed by atoms with Crippen LogP contribution in [0.15, 0.2) is 6.07 Å². The summed E-state index contributed by atoms with van der Waals surface area (Å²) >= 11 is 0. The third-order valence-corrected chi connectivity index (χ3v) is 2.86. The summed E-state index contributed by atoms with van der Waals surface area (Å²) in [6.07, 6.45) is -2.56. The molecule has 1 aliphatic heterocycles. The van der Waals surface area contributed by atoms with Crippen LogP contribution in [0, 0.1) is 6.92 Å². The van der Waals surface area contributed by atoms with Gasteiger partial charge in [0.1, 0.15) is 11.5 Å². The highest BCUT2D eigenvalue weighted by Gasteiger charge is 2.34. The topological polar surface area (TPSA) is 37.8 Å². The van der Waals surface area contributed by atoms with Crippen molar-refractivity contribution in [1.82, 2.24) is 15.3 Å². The van der Waals surface area contributed by atoms with E-state index in [-0.39, 0.29) is 11.7 Å². The predicted molar refractivity (Wildman–Crippen MR) is 56.6 cm³/mol. The first kappa shape index (κ1) is 12.3. The van der Waals surface area contributed by atoms with E-state index < -0.39 is 11.9 Å². The highest BCUT2D eigenvalue weighted by molar-refractivity contribution is 5.18. The molecular weight excluding hydrogens is 231 g/mol. The number of rotatable bonds is 1. The van der Waals surface area contributed by atoms with E-state index >= 15 is 0 Å². The maximum absolute atomic E-state index is 12.6. The van der Waals surface area contributed by atoms with Crippen LogP contribution in [0.3, 0.4) is 0 Å². The number of aromatic nitrogens is 2. The van der Waals surface area contributed by atoms with Gasteiger partial charge in [-0.3, -0.25) is 0 Å². The fourth-order valence-electron chi connectivity index (χ4n) is 2.05. The average Bonchev–Trinajstić information content (AvgIpc) is 2.28. The lowest BCUT2D eigenvalue weighted by molar-refractivity contribution is -0.141. The molecule has 0 bridgehead atoms. The van der Waals surface area contributed by atoms with Crippen molar-refractivity contribution < 1.29 is 13.2 Å². The van der Waals surface area contributed by atoms with Crippen molar-refractivity contribution in [2.45, 2.75) is 31.9 Å². The molecule has 1 fully saturated rings. The summed E-state index contributed by atoms with van der Waals surface area (Å²) in [5, 5.41) is 3.17. The smallest absolute Gasteiger partial charge is 0.316 e. The van der Waals surface area contributed by atoms with Gasteiger partial charge in [0.2, 0.25) is 0 Å². The molecular formula is C11H14F3N3. The molecule has 0 amide bonds. The van der Waals surface area contributed by atoms with E-state index in [1.165, 1.54) is 6.92 Å². The summed E-state index contributed by atoms with van der Waals surface area (Å²) in [5.74, 6) is 0.243. The van der Waals surface area contributed by atoms with E-state index in [0.717, 1.165) is 25.5 Å². The SMILES string of the molecule is Cc1nc(C2CCCNC2)cc(C(F)(F)F)n1. The lowest BCUT2D eigenvalue weighted by atomic mass is 9.95. The van der Waals surface area contributed by atoms with Crippen molar-refractivity contribution in [3.63, 3.8) is 0 Å². The number of alkyl halides is 3. The molecule has 2 rings (SSSR count). The fourth-order valence-corrected chi connectivity index (χ4v) is 2.05. The zero-order valence-corrected chi connectivity index (χ0v) is 9.51. The monoisotopic (exact) mass is 245 g/mol. The van der Waals surface area contributed by atoms with Crippen LogP contribution in [-0.4, -0.2) is 23.1 Å². The van der Waals surface area contributed by atoms with E-state index in [4.69, 9.17) is 0 Å². The molecule has 0 spiro atoms. The zero-order chi connectivity index (χ0) is 12.5. The number of nitrogens with zero attached hydrogens (tertiary/aromatic N) is 2. The molecule has 1 N–H and O–H groups in total. The van der Waals surface area contributed by atoms with E-state index in [2.05, 4.69) is 15.3 Å². The zero-order valence-electron chi connectivity index (χ0n) is 9.51. The summed E-state index contributed by atoms with van der Waals surface area (Å²) in [4.78, 5) is 7.56. The van der Waals surface area contributed by atoms with Gasteiger partial charge < -0.3 is 5.32 Å². The lowest BCUT2D eigenvalue weighted by Crippen LogP contribution is -2.29. The highest BCUT2D eigenvalue weighted by atomic mass is 19.4. The number of halogens is 3. The van der Waals surface area contributed by atoms with Gasteiger partial charge in [-0.2, -0.15) is 13.2 Å². The Morgan fingerprint density at radius 3 is 2.71 bits per heavy atom. The minimum Gasteiger partial charge on any atom is -0.316 e. The Morgan fingerprint density at radius 2 is 2.12 bits per heavy atom. The summed E-state index contributed by atoms with van der Waals surface area (Å²) in [7, 11) is 0. The molecule has 1 unspecified atom stereocenters. The molecule has 0 radical (unpaired) electrons. The normalized spacial score (nSPS) is 21.5. The fraction of sp³-hybridized carbons (Fsp3) is 0.636. The van der Waals surface area contributed by atoms with E-state index in [0.29, 0.717) is 12.2 Å². The van der Waals surface area contributed by atoms with E-state index in [9.17, 15) is 13.2 Å². The Balaban J connectivity index is 2.31. The second-order valence-electron chi connectivity index (χ2n) is 4.27. The number of aryl methyl sites for hydroxylation is 1. The molecule has 1 atom stereocenters. The molecule has 0 saturated carbocycles. The van der Waals surface area contributed by atoms with Crippen LogP contribution in [0.4, 0.5) is 13.2 Å². The number of piperidine rings is 1. The summed E-state index contributed by atoms with van der Waals surface area (Å²) in [6, 6.07) is 1.07. The van der Waals surface area contributed by atoms with Crippen molar-refractivity contribution in [2.24, 2.45) is 0 Å². The minimum absolute atomic E-state index is 0.0616. The van der Waals surface area contributed by atoms with Gasteiger partial charge in [-0.05, 0) is 32.4 Å². The maximum Gasteiger partial charge on any atom is 0.433 e. The Morgan fingerprint density at radius 1 is 1.35 bits per heavy atom. The molecule has 6 heteroatoms. The van der Waals surface area contributed by atoms with Crippen molar-refractivity contribution in [1.29, 1.82) is 0 Å². The first-order valence-electron chi connectivity index (χ1n) is 5.60. The van der Waals surface area contributed by atoms with Crippen LogP contribution in [0.2, 0.25) is 0 Å².